The second-order valence-corrected chi connectivity index (χ2v) is 35.9. The van der Waals surface area contributed by atoms with Gasteiger partial charge in [0.15, 0.2) is 0 Å². The summed E-state index contributed by atoms with van der Waals surface area (Å²) in [6.45, 7) is 40.5. The van der Waals surface area contributed by atoms with Crippen LogP contribution in [0.25, 0.3) is 66.1 Å². The quantitative estimate of drug-likeness (QED) is 0.104. The summed E-state index contributed by atoms with van der Waals surface area (Å²) in [7, 11) is 0. The van der Waals surface area contributed by atoms with E-state index in [2.05, 4.69) is 100 Å². The third-order valence-corrected chi connectivity index (χ3v) is 28.9. The number of hydrogen-bond donors (Lipinski definition) is 0. The van der Waals surface area contributed by atoms with Gasteiger partial charge in [-0.25, -0.2) is 27.6 Å². The Balaban J connectivity index is 0.000000135. The van der Waals surface area contributed by atoms with Crippen molar-refractivity contribution < 1.29 is 41.8 Å². The number of morpholine rings is 3. The highest BCUT2D eigenvalue weighted by Crippen LogP contribution is 2.49. The number of nitrogens with zero attached hydrogens (tertiary/aromatic N) is 15. The van der Waals surface area contributed by atoms with Crippen molar-refractivity contribution in [2.75, 3.05) is 163 Å². The van der Waals surface area contributed by atoms with E-state index in [0.717, 1.165) is 154 Å². The first kappa shape index (κ1) is 85.0. The molecule has 9 aromatic rings. The molecule has 9 aliphatic heterocycles. The number of hydrogen-bond acceptors (Lipinski definition) is 21. The fraction of sp³-hybridized carbons (Fsp3) is 0.440. The maximum atomic E-state index is 13.9. The van der Waals surface area contributed by atoms with Crippen LogP contribution in [-0.4, -0.2) is 267 Å². The van der Waals surface area contributed by atoms with Crippen molar-refractivity contribution in [2.45, 2.75) is 125 Å². The molecule has 6 saturated heterocycles. The lowest BCUT2D eigenvalue weighted by Crippen LogP contribution is -2.58. The van der Waals surface area contributed by atoms with E-state index in [1.54, 1.807) is 40.2 Å². The largest absolute Gasteiger partial charge is 0.379 e. The van der Waals surface area contributed by atoms with Crippen LogP contribution in [0.4, 0.5) is 30.6 Å². The van der Waals surface area contributed by atoms with E-state index in [-0.39, 0.29) is 94.5 Å². The summed E-state index contributed by atoms with van der Waals surface area (Å²) in [6, 6.07) is 26.4. The average molecular weight is 1710 g/mol. The van der Waals surface area contributed by atoms with Gasteiger partial charge in [0, 0.05) is 218 Å². The van der Waals surface area contributed by atoms with Crippen LogP contribution in [0.2, 0.25) is 0 Å². The molecular weight excluding hydrogens is 1600 g/mol. The molecule has 6 fully saturated rings. The number of amides is 3. The average Bonchev–Trinajstić information content (AvgIpc) is 1.73. The summed E-state index contributed by atoms with van der Waals surface area (Å²) in [6.07, 6.45) is 4.06. The molecule has 30 heteroatoms. The lowest BCUT2D eigenvalue weighted by molar-refractivity contribution is -0.131. The molecule has 18 rings (SSSR count). The number of aromatic nitrogens is 6. The number of rotatable bonds is 12. The van der Waals surface area contributed by atoms with Crippen molar-refractivity contribution in [1.82, 2.24) is 58.1 Å². The number of carbonyl (C=O) groups is 3. The molecule has 9 aliphatic rings. The van der Waals surface area contributed by atoms with Gasteiger partial charge in [-0.15, -0.1) is 35.3 Å². The predicted octanol–water partition coefficient (Wildman–Crippen LogP) is 11.0. The maximum Gasteiger partial charge on any atom is 0.350 e. The summed E-state index contributed by atoms with van der Waals surface area (Å²) in [5.74, 6) is 3.35. The minimum atomic E-state index is -0.279. The van der Waals surface area contributed by atoms with Gasteiger partial charge in [-0.3, -0.25) is 42.8 Å². The molecule has 3 unspecified atom stereocenters. The summed E-state index contributed by atoms with van der Waals surface area (Å²) in [5.41, 5.74) is 10.9. The summed E-state index contributed by atoms with van der Waals surface area (Å²) < 4.78 is 64.0. The van der Waals surface area contributed by atoms with E-state index in [1.165, 1.54) is 54.6 Å². The van der Waals surface area contributed by atoms with Crippen LogP contribution in [0.15, 0.2) is 158 Å². The van der Waals surface area contributed by atoms with Crippen LogP contribution in [-0.2, 0) is 48.2 Å². The minimum Gasteiger partial charge on any atom is -0.379 e. The molecule has 0 aliphatic carbocycles. The van der Waals surface area contributed by atoms with Gasteiger partial charge in [-0.05, 0) is 155 Å². The Labute approximate surface area is 714 Å². The summed E-state index contributed by atoms with van der Waals surface area (Å²) in [5, 5.41) is 2.80. The first-order chi connectivity index (χ1) is 58.5. The standard InChI is InChI=1S/2C31H36FN5O3S.C29H32FN5O3S/c1-5-26(38)35-15-21(4)36(16-20(35)3)30-25-14-19(2)27(22-6-8-23(32)9-7-22)29-28(25)37(31(39)33-30)17-24(18-41-29)34-10-12-40-13-11-34;1-5-26(38)37-20(3)15-35(16-21(37)4)30-25-14-19(2)27(22-6-8-23(32)9-7-22)29-28(25)36(31(39)33-30)17-24(18-41-29)34-10-12-40-13-11-34;1-3-24(36)33-8-10-34(11-9-33)28-23-16-19(2)25(20-4-6-21(30)7-5-20)27-26(23)35(29(37)31-28)17-22(18-39-27)32-12-14-38-15-13-32/h2*5-9,14,20-21,24H,1,10-13,15-18H2,2-4H3;3-7,16,22H,1,8-15,17-18H2,2H3/t2*20-,21+,24?;/m1../s1. The van der Waals surface area contributed by atoms with Crippen molar-refractivity contribution in [1.29, 1.82) is 0 Å². The first-order valence-electron chi connectivity index (χ1n) is 41.9. The van der Waals surface area contributed by atoms with Crippen LogP contribution in [0.3, 0.4) is 0 Å². The molecule has 0 spiro atoms. The van der Waals surface area contributed by atoms with E-state index in [4.69, 9.17) is 24.2 Å². The van der Waals surface area contributed by atoms with Crippen LogP contribution in [0.5, 0.6) is 0 Å². The van der Waals surface area contributed by atoms with Crippen LogP contribution < -0.4 is 31.8 Å². The number of thioether (sulfide) groups is 3. The highest BCUT2D eigenvalue weighted by molar-refractivity contribution is 8.00. The molecule has 24 nitrogen and oxygen atoms in total. The maximum absolute atomic E-state index is 13.9. The highest BCUT2D eigenvalue weighted by atomic mass is 32.2. The van der Waals surface area contributed by atoms with E-state index in [1.807, 2.05) is 80.7 Å². The van der Waals surface area contributed by atoms with E-state index < -0.39 is 0 Å². The zero-order valence-corrected chi connectivity index (χ0v) is 72.1. The number of ether oxygens (including phenoxy) is 3. The number of anilines is 3. The third-order valence-electron chi connectivity index (χ3n) is 25.1. The molecule has 121 heavy (non-hydrogen) atoms. The number of carbonyl (C=O) groups excluding carboxylic acids is 3. The smallest absolute Gasteiger partial charge is 0.350 e. The van der Waals surface area contributed by atoms with Crippen LogP contribution >= 0.6 is 35.3 Å². The van der Waals surface area contributed by atoms with Gasteiger partial charge in [-0.1, -0.05) is 56.1 Å². The van der Waals surface area contributed by atoms with Gasteiger partial charge < -0.3 is 43.6 Å². The van der Waals surface area contributed by atoms with Crippen molar-refractivity contribution in [3.63, 3.8) is 0 Å². The molecule has 12 heterocycles. The van der Waals surface area contributed by atoms with Crippen LogP contribution in [0.1, 0.15) is 44.4 Å². The Morgan fingerprint density at radius 1 is 0.405 bits per heavy atom. The molecule has 6 aromatic carbocycles. The fourth-order valence-corrected chi connectivity index (χ4v) is 23.5. The Kier molecular flexibility index (Phi) is 25.6. The molecule has 0 saturated carbocycles. The highest BCUT2D eigenvalue weighted by Gasteiger charge is 2.40. The van der Waals surface area contributed by atoms with Gasteiger partial charge in [0.1, 0.15) is 34.9 Å². The van der Waals surface area contributed by atoms with Gasteiger partial charge in [0.25, 0.3) is 0 Å². The zero-order valence-electron chi connectivity index (χ0n) is 69.7. The van der Waals surface area contributed by atoms with Crippen molar-refractivity contribution >= 4 is 103 Å². The fourth-order valence-electron chi connectivity index (χ4n) is 19.1. The summed E-state index contributed by atoms with van der Waals surface area (Å²) in [4.78, 5) is 115. The first-order valence-corrected chi connectivity index (χ1v) is 44.8. The van der Waals surface area contributed by atoms with Crippen LogP contribution in [0, 0.1) is 38.2 Å². The molecule has 0 radical (unpaired) electrons. The number of piperazine rings is 3. The monoisotopic (exact) mass is 1700 g/mol. The van der Waals surface area contributed by atoms with E-state index in [0.29, 0.717) is 129 Å². The molecule has 3 aromatic heterocycles. The Bertz CT molecular complexity index is 5660. The molecule has 0 N–H and O–H groups in total. The van der Waals surface area contributed by atoms with Gasteiger partial charge >= 0.3 is 17.1 Å². The Morgan fingerprint density at radius 2 is 0.744 bits per heavy atom. The molecule has 3 amide bonds. The topological polar surface area (TPSA) is 213 Å². The lowest BCUT2D eigenvalue weighted by atomic mass is 9.97. The van der Waals surface area contributed by atoms with Gasteiger partial charge in [-0.2, -0.15) is 15.0 Å². The van der Waals surface area contributed by atoms with Crippen molar-refractivity contribution in [3.05, 3.63) is 195 Å². The normalized spacial score (nSPS) is 22.4. The molecule has 636 valence electrons. The van der Waals surface area contributed by atoms with E-state index >= 15 is 0 Å². The Hall–Kier alpha value is -9.63. The molecular formula is C91H104F3N15O9S3. The lowest BCUT2D eigenvalue weighted by Gasteiger charge is -2.44. The minimum absolute atomic E-state index is 0.0412. The number of benzene rings is 6. The summed E-state index contributed by atoms with van der Waals surface area (Å²) >= 11 is 5.31. The van der Waals surface area contributed by atoms with Gasteiger partial charge in [0.05, 0.1) is 56.2 Å². The zero-order chi connectivity index (χ0) is 84.8. The molecule has 0 bridgehead atoms. The third kappa shape index (κ3) is 17.1. The molecule has 7 atom stereocenters. The predicted molar refractivity (Wildman–Crippen MR) is 474 cm³/mol. The second-order valence-electron chi connectivity index (χ2n) is 32.8. The van der Waals surface area contributed by atoms with Crippen molar-refractivity contribution in [3.8, 4) is 33.4 Å². The van der Waals surface area contributed by atoms with Crippen molar-refractivity contribution in [2.24, 2.45) is 0 Å². The van der Waals surface area contributed by atoms with Gasteiger partial charge in [0.2, 0.25) is 17.7 Å². The Morgan fingerprint density at radius 3 is 1.10 bits per heavy atom. The SMILES string of the molecule is C=CC(=O)N1CCN(c2nc(=O)n3c4c(c(-c5ccc(F)cc5)c(C)cc24)SCC(N2CCOCC2)C3)CC1.C=CC(=O)N1C[C@H](C)N(c2nc(=O)n3c4c(c(-c5ccc(F)cc5)c(C)cc24)SCC(N2CCOCC2)C3)C[C@H]1C.C=CC(=O)N1[C@H](C)CN(c2nc(=O)n3c4c(c(-c5ccc(F)cc5)c(C)cc24)SCC(N2CCOCC2)C3)C[C@@H]1C. The van der Waals surface area contributed by atoms with E-state index in [9.17, 15) is 41.9 Å². The number of aryl methyl sites for hydroxylation is 3. The number of halogens is 3. The second kappa shape index (κ2) is 36.4.